The zero-order chi connectivity index (χ0) is 17.5. The molecule has 2 aromatic rings. The molecule has 1 heterocycles. The van der Waals surface area contributed by atoms with Crippen molar-refractivity contribution in [3.8, 4) is 11.5 Å². The van der Waals surface area contributed by atoms with Crippen molar-refractivity contribution < 1.29 is 19.2 Å². The van der Waals surface area contributed by atoms with Crippen molar-refractivity contribution in [1.82, 2.24) is 0 Å². The summed E-state index contributed by atoms with van der Waals surface area (Å²) in [5, 5.41) is 11.7. The Labute approximate surface area is 143 Å². The Bertz CT molecular complexity index is 820. The molecule has 1 aliphatic heterocycles. The molecule has 7 heteroatoms. The van der Waals surface area contributed by atoms with Gasteiger partial charge in [-0.15, -0.1) is 0 Å². The zero-order valence-electron chi connectivity index (χ0n) is 13.0. The van der Waals surface area contributed by atoms with E-state index in [9.17, 15) is 14.9 Å². The van der Waals surface area contributed by atoms with Crippen LogP contribution in [0.3, 0.4) is 0 Å². The third kappa shape index (κ3) is 2.30. The Morgan fingerprint density at radius 2 is 1.92 bits per heavy atom. The summed E-state index contributed by atoms with van der Waals surface area (Å²) in [6, 6.07) is 11.6. The maximum absolute atomic E-state index is 12.9. The summed E-state index contributed by atoms with van der Waals surface area (Å²) < 4.78 is 10.9. The fraction of sp³-hybridized carbons (Fsp3) is 0.235. The van der Waals surface area contributed by atoms with Crippen LogP contribution in [-0.4, -0.2) is 22.8 Å². The van der Waals surface area contributed by atoms with E-state index < -0.39 is 21.8 Å². The number of rotatable bonds is 3. The Morgan fingerprint density at radius 3 is 2.50 bits per heavy atom. The molecule has 0 saturated carbocycles. The number of nitro groups is 1. The molecule has 1 aliphatic rings. The van der Waals surface area contributed by atoms with E-state index in [0.29, 0.717) is 5.56 Å². The van der Waals surface area contributed by atoms with Crippen LogP contribution in [0.1, 0.15) is 27.6 Å². The van der Waals surface area contributed by atoms with E-state index in [1.54, 1.807) is 36.4 Å². The number of nitrogens with zero attached hydrogens (tertiary/aromatic N) is 1. The van der Waals surface area contributed by atoms with Gasteiger partial charge in [-0.25, -0.2) is 0 Å². The fourth-order valence-electron chi connectivity index (χ4n) is 2.71. The molecular weight excluding hydrogens is 334 g/mol. The van der Waals surface area contributed by atoms with Crippen LogP contribution in [0.4, 0.5) is 0 Å². The maximum Gasteiger partial charge on any atom is 0.397 e. The van der Waals surface area contributed by atoms with Crippen LogP contribution in [0.5, 0.6) is 11.5 Å². The molecule has 24 heavy (non-hydrogen) atoms. The lowest BCUT2D eigenvalue weighted by atomic mass is 9.90. The van der Waals surface area contributed by atoms with E-state index in [0.717, 1.165) is 5.56 Å². The minimum absolute atomic E-state index is 0.0185. The summed E-state index contributed by atoms with van der Waals surface area (Å²) in [7, 11) is 1.37. The number of carbonyl (C=O) groups excluding carboxylic acids is 1. The fourth-order valence-corrected chi connectivity index (χ4v) is 2.98. The van der Waals surface area contributed by atoms with Gasteiger partial charge < -0.3 is 9.47 Å². The highest BCUT2D eigenvalue weighted by Crippen LogP contribution is 2.47. The summed E-state index contributed by atoms with van der Waals surface area (Å²) in [5.74, 6) is -0.451. The molecule has 0 spiro atoms. The Hall–Kier alpha value is -2.60. The van der Waals surface area contributed by atoms with Gasteiger partial charge >= 0.3 is 5.00 Å². The van der Waals surface area contributed by atoms with Gasteiger partial charge in [0.1, 0.15) is 17.1 Å². The molecule has 0 amide bonds. The van der Waals surface area contributed by atoms with Gasteiger partial charge in [0, 0.05) is 5.56 Å². The average Bonchev–Trinajstić information content (AvgIpc) is 2.58. The highest BCUT2D eigenvalue weighted by Gasteiger charge is 2.62. The lowest BCUT2D eigenvalue weighted by molar-refractivity contribution is -0.536. The van der Waals surface area contributed by atoms with Crippen molar-refractivity contribution in [1.29, 1.82) is 0 Å². The molecule has 2 aromatic carbocycles. The number of ether oxygens (including phenoxy) is 2. The van der Waals surface area contributed by atoms with Gasteiger partial charge in [-0.3, -0.25) is 14.9 Å². The van der Waals surface area contributed by atoms with Gasteiger partial charge in [0.2, 0.25) is 6.10 Å². The molecule has 0 aromatic heterocycles. The summed E-state index contributed by atoms with van der Waals surface area (Å²) >= 11 is 6.23. The van der Waals surface area contributed by atoms with Crippen LogP contribution in [0.2, 0.25) is 0 Å². The lowest BCUT2D eigenvalue weighted by Gasteiger charge is -2.33. The van der Waals surface area contributed by atoms with E-state index in [4.69, 9.17) is 21.1 Å². The second-order valence-electron chi connectivity index (χ2n) is 5.50. The number of hydrogen-bond acceptors (Lipinski definition) is 5. The number of ketones is 1. The SMILES string of the molecule is COc1cccc2c1C(=O)C(Cl)([N+](=O)[O-])C(c1ccc(C)cc1)O2. The van der Waals surface area contributed by atoms with Crippen LogP contribution in [0.15, 0.2) is 42.5 Å². The van der Waals surface area contributed by atoms with E-state index in [1.807, 2.05) is 6.92 Å². The monoisotopic (exact) mass is 347 g/mol. The van der Waals surface area contributed by atoms with Gasteiger partial charge in [-0.05, 0) is 30.7 Å². The number of halogens is 1. The van der Waals surface area contributed by atoms with Crippen LogP contribution >= 0.6 is 11.6 Å². The van der Waals surface area contributed by atoms with E-state index in [2.05, 4.69) is 0 Å². The number of aryl methyl sites for hydroxylation is 1. The standard InChI is InChI=1S/C17H14ClNO5/c1-10-6-8-11(9-7-10)16-17(18,19(21)22)15(20)14-12(23-2)4-3-5-13(14)24-16/h3-9,16H,1-2H3. The lowest BCUT2D eigenvalue weighted by Crippen LogP contribution is -2.51. The number of carbonyl (C=O) groups is 1. The van der Waals surface area contributed by atoms with Gasteiger partial charge in [-0.1, -0.05) is 35.9 Å². The number of Topliss-reactive ketones (excluding diaryl/α,β-unsaturated/α-hetero) is 1. The average molecular weight is 348 g/mol. The highest BCUT2D eigenvalue weighted by atomic mass is 35.5. The first-order valence-corrected chi connectivity index (χ1v) is 7.55. The summed E-state index contributed by atoms with van der Waals surface area (Å²) in [4.78, 5) is 21.3. The van der Waals surface area contributed by atoms with Crippen molar-refractivity contribution in [2.24, 2.45) is 0 Å². The Balaban J connectivity index is 2.21. The van der Waals surface area contributed by atoms with Crippen molar-refractivity contribution in [3.63, 3.8) is 0 Å². The molecule has 2 unspecified atom stereocenters. The summed E-state index contributed by atoms with van der Waals surface area (Å²) in [5.41, 5.74) is 1.41. The van der Waals surface area contributed by atoms with Crippen LogP contribution in [0, 0.1) is 17.0 Å². The van der Waals surface area contributed by atoms with E-state index >= 15 is 0 Å². The van der Waals surface area contributed by atoms with Crippen LogP contribution in [-0.2, 0) is 0 Å². The molecule has 0 radical (unpaired) electrons. The normalized spacial score (nSPS) is 22.5. The first kappa shape index (κ1) is 16.3. The van der Waals surface area contributed by atoms with Gasteiger partial charge in [-0.2, -0.15) is 0 Å². The molecule has 0 bridgehead atoms. The first-order valence-electron chi connectivity index (χ1n) is 7.18. The maximum atomic E-state index is 12.9. The molecule has 0 fully saturated rings. The number of methoxy groups -OCH3 is 1. The predicted molar refractivity (Wildman–Crippen MR) is 87.5 cm³/mol. The second-order valence-corrected chi connectivity index (χ2v) is 6.08. The van der Waals surface area contributed by atoms with Gasteiger partial charge in [0.15, 0.2) is 0 Å². The Morgan fingerprint density at radius 1 is 1.25 bits per heavy atom. The van der Waals surface area contributed by atoms with Crippen molar-refractivity contribution in [2.75, 3.05) is 7.11 Å². The first-order chi connectivity index (χ1) is 11.4. The third-order valence-corrected chi connectivity index (χ3v) is 4.50. The number of alkyl halides is 1. The molecule has 0 N–H and O–H groups in total. The van der Waals surface area contributed by atoms with Gasteiger partial charge in [0.25, 0.3) is 5.78 Å². The number of benzene rings is 2. The van der Waals surface area contributed by atoms with E-state index in [-0.39, 0.29) is 17.1 Å². The second kappa shape index (κ2) is 5.79. The zero-order valence-corrected chi connectivity index (χ0v) is 13.7. The number of fused-ring (bicyclic) bond motifs is 1. The highest BCUT2D eigenvalue weighted by molar-refractivity contribution is 6.38. The largest absolute Gasteiger partial charge is 0.496 e. The smallest absolute Gasteiger partial charge is 0.397 e. The molecule has 0 saturated heterocycles. The molecule has 0 aliphatic carbocycles. The topological polar surface area (TPSA) is 78.7 Å². The van der Waals surface area contributed by atoms with Crippen LogP contribution < -0.4 is 9.47 Å². The Kier molecular flexibility index (Phi) is 3.93. The summed E-state index contributed by atoms with van der Waals surface area (Å²) in [6.45, 7) is 1.89. The summed E-state index contributed by atoms with van der Waals surface area (Å²) in [6.07, 6.45) is -1.25. The van der Waals surface area contributed by atoms with Crippen molar-refractivity contribution in [3.05, 3.63) is 69.3 Å². The minimum Gasteiger partial charge on any atom is -0.496 e. The quantitative estimate of drug-likeness (QED) is 0.367. The minimum atomic E-state index is -2.46. The molecule has 2 atom stereocenters. The van der Waals surface area contributed by atoms with Crippen molar-refractivity contribution >= 4 is 17.4 Å². The third-order valence-electron chi connectivity index (χ3n) is 3.99. The predicted octanol–water partition coefficient (Wildman–Crippen LogP) is 3.53. The van der Waals surface area contributed by atoms with Crippen LogP contribution in [0.25, 0.3) is 0 Å². The molecule has 124 valence electrons. The molecule has 6 nitrogen and oxygen atoms in total. The van der Waals surface area contributed by atoms with E-state index in [1.165, 1.54) is 13.2 Å². The number of hydrogen-bond donors (Lipinski definition) is 0. The molecule has 3 rings (SSSR count). The van der Waals surface area contributed by atoms with Gasteiger partial charge in [0.05, 0.1) is 12.0 Å². The molecular formula is C17H14ClNO5. The van der Waals surface area contributed by atoms with Crippen molar-refractivity contribution in [2.45, 2.75) is 18.0 Å².